The van der Waals surface area contributed by atoms with Crippen LogP contribution >= 0.6 is 11.6 Å². The number of aromatic nitrogens is 5. The van der Waals surface area contributed by atoms with E-state index < -0.39 is 17.4 Å². The van der Waals surface area contributed by atoms with Crippen LogP contribution in [0.3, 0.4) is 0 Å². The van der Waals surface area contributed by atoms with Gasteiger partial charge in [-0.2, -0.15) is 0 Å². The van der Waals surface area contributed by atoms with Crippen molar-refractivity contribution < 1.29 is 23.1 Å². The van der Waals surface area contributed by atoms with Crippen LogP contribution in [-0.2, 0) is 23.6 Å². The van der Waals surface area contributed by atoms with Gasteiger partial charge in [-0.05, 0) is 68.6 Å². The lowest BCUT2D eigenvalue weighted by Gasteiger charge is -2.33. The number of ether oxygens (including phenoxy) is 3. The molecule has 2 aromatic carbocycles. The summed E-state index contributed by atoms with van der Waals surface area (Å²) in [5.74, 6) is 0.227. The minimum absolute atomic E-state index is 0.0337. The summed E-state index contributed by atoms with van der Waals surface area (Å²) in [5, 5.41) is 4.21. The van der Waals surface area contributed by atoms with Crippen LogP contribution in [0, 0.1) is 5.82 Å². The maximum atomic E-state index is 15.7. The van der Waals surface area contributed by atoms with E-state index in [0.29, 0.717) is 35.1 Å². The van der Waals surface area contributed by atoms with E-state index in [1.54, 1.807) is 18.3 Å². The zero-order valence-corrected chi connectivity index (χ0v) is 25.2. The number of H-pyrrole nitrogens is 1. The highest BCUT2D eigenvalue weighted by Crippen LogP contribution is 2.49. The first kappa shape index (κ1) is 28.2. The highest BCUT2D eigenvalue weighted by Gasteiger charge is 2.42. The van der Waals surface area contributed by atoms with Crippen LogP contribution in [-0.4, -0.2) is 55.4 Å². The molecule has 0 spiro atoms. The van der Waals surface area contributed by atoms with Gasteiger partial charge in [-0.25, -0.2) is 14.2 Å². The fraction of sp³-hybridized carbons (Fsp3) is 0.375. The van der Waals surface area contributed by atoms with Crippen molar-refractivity contribution in [2.75, 3.05) is 19.7 Å². The summed E-state index contributed by atoms with van der Waals surface area (Å²) in [7, 11) is 0. The predicted octanol–water partition coefficient (Wildman–Crippen LogP) is 5.38. The monoisotopic (exact) mass is 632 g/mol. The largest absolute Gasteiger partial charge is 0.443 e. The molecule has 232 valence electrons. The number of hydrogen-bond acceptors (Lipinski definition) is 9. The van der Waals surface area contributed by atoms with Crippen molar-refractivity contribution in [2.24, 2.45) is 0 Å². The van der Waals surface area contributed by atoms with Crippen molar-refractivity contribution in [3.8, 4) is 22.9 Å². The second-order valence-corrected chi connectivity index (χ2v) is 12.3. The van der Waals surface area contributed by atoms with Gasteiger partial charge in [-0.15, -0.1) is 0 Å². The Morgan fingerprint density at radius 2 is 1.96 bits per heavy atom. The highest BCUT2D eigenvalue weighted by molar-refractivity contribution is 6.30. The van der Waals surface area contributed by atoms with E-state index >= 15 is 4.39 Å². The number of rotatable bonds is 7. The number of fused-ring (bicyclic) bond motifs is 2. The van der Waals surface area contributed by atoms with Crippen molar-refractivity contribution in [1.29, 1.82) is 0 Å². The molecule has 0 amide bonds. The lowest BCUT2D eigenvalue weighted by Crippen LogP contribution is -2.35. The number of pyridine rings is 1. The van der Waals surface area contributed by atoms with Gasteiger partial charge >= 0.3 is 5.76 Å². The fourth-order valence-electron chi connectivity index (χ4n) is 6.51. The van der Waals surface area contributed by atoms with Gasteiger partial charge in [0.05, 0.1) is 35.3 Å². The molecule has 8 rings (SSSR count). The third-order valence-corrected chi connectivity index (χ3v) is 9.23. The number of aromatic amines is 1. The molecule has 11 nitrogen and oxygen atoms in total. The summed E-state index contributed by atoms with van der Waals surface area (Å²) in [5.41, 5.74) is 2.82. The Hall–Kier alpha value is -4.26. The third-order valence-electron chi connectivity index (χ3n) is 9.01. The van der Waals surface area contributed by atoms with Crippen LogP contribution in [0.5, 0.6) is 11.5 Å². The Kier molecular flexibility index (Phi) is 6.88. The average molecular weight is 633 g/mol. The molecule has 2 saturated heterocycles. The molecule has 3 aliphatic heterocycles. The predicted molar refractivity (Wildman–Crippen MR) is 162 cm³/mol. The molecule has 3 aliphatic rings. The van der Waals surface area contributed by atoms with Gasteiger partial charge in [0.25, 0.3) is 5.79 Å². The van der Waals surface area contributed by atoms with Gasteiger partial charge in [-0.1, -0.05) is 28.9 Å². The smallest absolute Gasteiger partial charge is 0.439 e. The fourth-order valence-corrected chi connectivity index (χ4v) is 6.62. The molecule has 2 fully saturated rings. The molecular weight excluding hydrogens is 603 g/mol. The van der Waals surface area contributed by atoms with Gasteiger partial charge < -0.3 is 18.8 Å². The number of hydrogen-bond donors (Lipinski definition) is 1. The van der Waals surface area contributed by atoms with E-state index in [1.165, 1.54) is 0 Å². The molecule has 6 heterocycles. The normalized spacial score (nSPS) is 21.8. The zero-order valence-electron chi connectivity index (χ0n) is 24.5. The SMILES string of the molecule is C[C@]1(c2ccc(Cl)cn2)Oc2cccc(C3CCN(Cc4nc5c(F)c(-c6noc(=O)[nH]6)ccc5n4C[C@@H]4CCO4)CC3)c2O1. The van der Waals surface area contributed by atoms with Crippen molar-refractivity contribution in [1.82, 2.24) is 29.6 Å². The molecule has 0 radical (unpaired) electrons. The average Bonchev–Trinajstić information content (AvgIpc) is 3.71. The van der Waals surface area contributed by atoms with Crippen LogP contribution < -0.4 is 15.2 Å². The molecular formula is C32H30ClFN6O5. The second-order valence-electron chi connectivity index (χ2n) is 11.9. The van der Waals surface area contributed by atoms with Crippen molar-refractivity contribution in [2.45, 2.75) is 57.1 Å². The summed E-state index contributed by atoms with van der Waals surface area (Å²) < 4.78 is 40.8. The van der Waals surface area contributed by atoms with Gasteiger partial charge in [0.15, 0.2) is 23.1 Å². The van der Waals surface area contributed by atoms with Gasteiger partial charge in [0.2, 0.25) is 0 Å². The minimum atomic E-state index is -1.04. The molecule has 45 heavy (non-hydrogen) atoms. The molecule has 5 aromatic rings. The van der Waals surface area contributed by atoms with Gasteiger partial charge in [-0.3, -0.25) is 19.4 Å². The van der Waals surface area contributed by atoms with Crippen LogP contribution in [0.15, 0.2) is 58.0 Å². The van der Waals surface area contributed by atoms with Crippen LogP contribution in [0.1, 0.15) is 49.2 Å². The maximum Gasteiger partial charge on any atom is 0.439 e. The summed E-state index contributed by atoms with van der Waals surface area (Å²) in [4.78, 5) is 25.5. The lowest BCUT2D eigenvalue weighted by atomic mass is 9.88. The summed E-state index contributed by atoms with van der Waals surface area (Å²) in [6.45, 7) is 5.43. The van der Waals surface area contributed by atoms with Crippen LogP contribution in [0.25, 0.3) is 22.4 Å². The Balaban J connectivity index is 1.01. The van der Waals surface area contributed by atoms with Crippen molar-refractivity contribution >= 4 is 22.6 Å². The Labute approximate surface area is 261 Å². The quantitative estimate of drug-likeness (QED) is 0.252. The third kappa shape index (κ3) is 5.06. The molecule has 2 atom stereocenters. The van der Waals surface area contributed by atoms with Crippen molar-refractivity contribution in [3.05, 3.63) is 87.1 Å². The van der Waals surface area contributed by atoms with Crippen LogP contribution in [0.4, 0.5) is 4.39 Å². The molecule has 1 N–H and O–H groups in total. The van der Waals surface area contributed by atoms with Gasteiger partial charge in [0.1, 0.15) is 17.0 Å². The van der Waals surface area contributed by atoms with E-state index in [1.807, 2.05) is 31.2 Å². The first-order valence-corrected chi connectivity index (χ1v) is 15.4. The Morgan fingerprint density at radius 3 is 2.67 bits per heavy atom. The van der Waals surface area contributed by atoms with E-state index in [2.05, 4.69) is 35.2 Å². The second kappa shape index (κ2) is 11.0. The summed E-state index contributed by atoms with van der Waals surface area (Å²) >= 11 is 6.05. The van der Waals surface area contributed by atoms with Crippen molar-refractivity contribution in [3.63, 3.8) is 0 Å². The number of likely N-dealkylation sites (tertiary alicyclic amines) is 1. The molecule has 0 unspecified atom stereocenters. The van der Waals surface area contributed by atoms with Gasteiger partial charge in [0, 0.05) is 25.3 Å². The first-order valence-electron chi connectivity index (χ1n) is 15.1. The minimum Gasteiger partial charge on any atom is -0.443 e. The number of nitrogens with zero attached hydrogens (tertiary/aromatic N) is 5. The molecule has 13 heteroatoms. The molecule has 0 saturated carbocycles. The number of nitrogens with one attached hydrogen (secondary N) is 1. The standard InChI is InChI=1S/C32H30ClFN6O5/c1-32(25-8-5-19(33)15-35-25)43-24-4-2-3-21(29(24)44-32)18-9-12-39(13-10-18)17-26-36-28-23(40(26)16-20-11-14-42-20)7-6-22(27(28)34)30-37-31(41)45-38-30/h2-8,15,18,20H,9-14,16-17H2,1H3,(H,37,38,41)/t20-,32-/m0/s1. The molecule has 0 aliphatic carbocycles. The first-order chi connectivity index (χ1) is 21.8. The molecule has 3 aromatic heterocycles. The Morgan fingerprint density at radius 1 is 1.11 bits per heavy atom. The van der Waals surface area contributed by atoms with E-state index in [-0.39, 0.29) is 28.9 Å². The van der Waals surface area contributed by atoms with E-state index in [9.17, 15) is 4.79 Å². The van der Waals surface area contributed by atoms with Crippen LogP contribution in [0.2, 0.25) is 5.02 Å². The highest BCUT2D eigenvalue weighted by atomic mass is 35.5. The number of halogens is 2. The van der Waals surface area contributed by atoms with E-state index in [0.717, 1.165) is 56.1 Å². The summed E-state index contributed by atoms with van der Waals surface area (Å²) in [6.07, 6.45) is 4.44. The lowest BCUT2D eigenvalue weighted by molar-refractivity contribution is -0.0722. The van der Waals surface area contributed by atoms with E-state index in [4.69, 9.17) is 30.8 Å². The topological polar surface area (TPSA) is 121 Å². The Bertz CT molecular complexity index is 1950. The maximum absolute atomic E-state index is 15.7. The number of benzene rings is 2. The summed E-state index contributed by atoms with van der Waals surface area (Å²) in [6, 6.07) is 13.1. The number of piperidine rings is 1. The molecule has 0 bridgehead atoms. The number of imidazole rings is 1. The number of para-hydroxylation sites is 1. The zero-order chi connectivity index (χ0) is 30.7.